The molecule has 0 aliphatic rings. The van der Waals surface area contributed by atoms with E-state index in [-0.39, 0.29) is 11.9 Å². The fraction of sp³-hybridized carbons (Fsp3) is 0.316. The van der Waals surface area contributed by atoms with E-state index in [2.05, 4.69) is 0 Å². The van der Waals surface area contributed by atoms with Crippen molar-refractivity contribution < 1.29 is 19.0 Å². The lowest BCUT2D eigenvalue weighted by atomic mass is 10.2. The maximum absolute atomic E-state index is 11.8. The molecule has 0 heterocycles. The molecule has 0 aliphatic heterocycles. The van der Waals surface area contributed by atoms with Crippen LogP contribution in [0.5, 0.6) is 17.2 Å². The van der Waals surface area contributed by atoms with Crippen molar-refractivity contribution in [2.75, 3.05) is 6.61 Å². The molecule has 1 unspecified atom stereocenters. The fourth-order valence-corrected chi connectivity index (χ4v) is 2.34. The van der Waals surface area contributed by atoms with E-state index in [0.29, 0.717) is 33.9 Å². The van der Waals surface area contributed by atoms with Crippen LogP contribution in [0.2, 0.25) is 10.0 Å². The van der Waals surface area contributed by atoms with Crippen molar-refractivity contribution in [3.63, 3.8) is 0 Å². The number of hydrogen-bond acceptors (Lipinski definition) is 4. The molecule has 0 aliphatic carbocycles. The van der Waals surface area contributed by atoms with Crippen molar-refractivity contribution in [3.05, 3.63) is 52.5 Å². The molecule has 0 saturated carbocycles. The SMILES string of the molecule is CC(C)COC(=O)C(C)Oc1ccc(Oc2ccc(Cl)cc2Cl)cc1. The Labute approximate surface area is 157 Å². The number of ether oxygens (including phenoxy) is 3. The molecule has 1 atom stereocenters. The summed E-state index contributed by atoms with van der Waals surface area (Å²) in [5.74, 6) is 1.54. The Morgan fingerprint density at radius 1 is 1.00 bits per heavy atom. The van der Waals surface area contributed by atoms with Crippen LogP contribution in [0.15, 0.2) is 42.5 Å². The molecule has 0 spiro atoms. The summed E-state index contributed by atoms with van der Waals surface area (Å²) >= 11 is 11.9. The van der Waals surface area contributed by atoms with Crippen molar-refractivity contribution in [3.8, 4) is 17.2 Å². The van der Waals surface area contributed by atoms with Gasteiger partial charge in [-0.1, -0.05) is 37.0 Å². The minimum Gasteiger partial charge on any atom is -0.479 e. The third-order valence-corrected chi connectivity index (χ3v) is 3.68. The van der Waals surface area contributed by atoms with Gasteiger partial charge in [0.15, 0.2) is 6.10 Å². The monoisotopic (exact) mass is 382 g/mol. The van der Waals surface area contributed by atoms with Crippen LogP contribution in [0.1, 0.15) is 20.8 Å². The van der Waals surface area contributed by atoms with Crippen molar-refractivity contribution in [1.82, 2.24) is 0 Å². The summed E-state index contributed by atoms with van der Waals surface area (Å²) in [5.41, 5.74) is 0. The first-order valence-electron chi connectivity index (χ1n) is 7.91. The Kier molecular flexibility index (Phi) is 6.97. The normalized spacial score (nSPS) is 11.9. The van der Waals surface area contributed by atoms with Crippen molar-refractivity contribution in [1.29, 1.82) is 0 Å². The van der Waals surface area contributed by atoms with E-state index in [0.717, 1.165) is 0 Å². The van der Waals surface area contributed by atoms with Crippen LogP contribution in [0.25, 0.3) is 0 Å². The highest BCUT2D eigenvalue weighted by Gasteiger charge is 2.16. The molecule has 0 bridgehead atoms. The molecule has 0 amide bonds. The van der Waals surface area contributed by atoms with E-state index < -0.39 is 6.10 Å². The number of carbonyl (C=O) groups excluding carboxylic acids is 1. The summed E-state index contributed by atoms with van der Waals surface area (Å²) in [4.78, 5) is 11.8. The molecular weight excluding hydrogens is 363 g/mol. The summed E-state index contributed by atoms with van der Waals surface area (Å²) in [6.45, 7) is 5.98. The maximum atomic E-state index is 11.8. The molecule has 2 rings (SSSR count). The number of carbonyl (C=O) groups is 1. The topological polar surface area (TPSA) is 44.8 Å². The summed E-state index contributed by atoms with van der Waals surface area (Å²) in [6, 6.07) is 11.9. The van der Waals surface area contributed by atoms with Crippen LogP contribution in [-0.2, 0) is 9.53 Å². The third kappa shape index (κ3) is 6.15. The largest absolute Gasteiger partial charge is 0.479 e. The number of benzene rings is 2. The highest BCUT2D eigenvalue weighted by Crippen LogP contribution is 2.32. The molecule has 6 heteroatoms. The molecule has 25 heavy (non-hydrogen) atoms. The van der Waals surface area contributed by atoms with Gasteiger partial charge in [0.1, 0.15) is 17.2 Å². The van der Waals surface area contributed by atoms with Crippen LogP contribution >= 0.6 is 23.2 Å². The quantitative estimate of drug-likeness (QED) is 0.571. The zero-order chi connectivity index (χ0) is 18.4. The van der Waals surface area contributed by atoms with Gasteiger partial charge in [-0.3, -0.25) is 0 Å². The average Bonchev–Trinajstić information content (AvgIpc) is 2.56. The standard InChI is InChI=1S/C19H20Cl2O4/c1-12(2)11-23-19(22)13(3)24-15-5-7-16(8-6-15)25-18-9-4-14(20)10-17(18)21/h4-10,12-13H,11H2,1-3H3. The van der Waals surface area contributed by atoms with Gasteiger partial charge in [-0.25, -0.2) is 4.79 Å². The lowest BCUT2D eigenvalue weighted by molar-refractivity contribution is -0.152. The Balaban J connectivity index is 1.94. The smallest absolute Gasteiger partial charge is 0.347 e. The molecule has 134 valence electrons. The summed E-state index contributed by atoms with van der Waals surface area (Å²) in [6.07, 6.45) is -0.684. The summed E-state index contributed by atoms with van der Waals surface area (Å²) < 4.78 is 16.4. The van der Waals surface area contributed by atoms with E-state index in [1.165, 1.54) is 0 Å². The second-order valence-corrected chi connectivity index (χ2v) is 6.78. The molecule has 0 saturated heterocycles. The molecule has 2 aromatic carbocycles. The highest BCUT2D eigenvalue weighted by molar-refractivity contribution is 6.35. The van der Waals surface area contributed by atoms with Gasteiger partial charge < -0.3 is 14.2 Å². The molecule has 4 nitrogen and oxygen atoms in total. The summed E-state index contributed by atoms with van der Waals surface area (Å²) in [5, 5.41) is 0.966. The first kappa shape index (κ1) is 19.4. The lowest BCUT2D eigenvalue weighted by Gasteiger charge is -2.15. The molecule has 2 aromatic rings. The fourth-order valence-electron chi connectivity index (χ4n) is 1.89. The highest BCUT2D eigenvalue weighted by atomic mass is 35.5. The van der Waals surface area contributed by atoms with E-state index in [1.54, 1.807) is 49.4 Å². The van der Waals surface area contributed by atoms with Crippen molar-refractivity contribution in [2.45, 2.75) is 26.9 Å². The van der Waals surface area contributed by atoms with Gasteiger partial charge in [0.2, 0.25) is 0 Å². The molecule has 0 radical (unpaired) electrons. The Bertz CT molecular complexity index is 714. The first-order valence-corrected chi connectivity index (χ1v) is 8.67. The van der Waals surface area contributed by atoms with Gasteiger partial charge in [-0.05, 0) is 55.3 Å². The van der Waals surface area contributed by atoms with Crippen LogP contribution in [0.4, 0.5) is 0 Å². The van der Waals surface area contributed by atoms with E-state index >= 15 is 0 Å². The van der Waals surface area contributed by atoms with Gasteiger partial charge in [-0.15, -0.1) is 0 Å². The zero-order valence-electron chi connectivity index (χ0n) is 14.3. The van der Waals surface area contributed by atoms with Crippen LogP contribution in [0.3, 0.4) is 0 Å². The minimum atomic E-state index is -0.684. The predicted molar refractivity (Wildman–Crippen MR) is 98.9 cm³/mol. The van der Waals surface area contributed by atoms with Crippen LogP contribution in [-0.4, -0.2) is 18.7 Å². The molecular formula is C19H20Cl2O4. The first-order chi connectivity index (χ1) is 11.8. The second kappa shape index (κ2) is 8.97. The molecule has 0 N–H and O–H groups in total. The van der Waals surface area contributed by atoms with Gasteiger partial charge in [0.25, 0.3) is 0 Å². The van der Waals surface area contributed by atoms with E-state index in [4.69, 9.17) is 37.4 Å². The number of esters is 1. The Morgan fingerprint density at radius 2 is 1.64 bits per heavy atom. The number of hydrogen-bond donors (Lipinski definition) is 0. The Hall–Kier alpha value is -1.91. The van der Waals surface area contributed by atoms with Gasteiger partial charge in [-0.2, -0.15) is 0 Å². The van der Waals surface area contributed by atoms with Gasteiger partial charge in [0.05, 0.1) is 11.6 Å². The Morgan fingerprint density at radius 3 is 2.24 bits per heavy atom. The van der Waals surface area contributed by atoms with Gasteiger partial charge >= 0.3 is 5.97 Å². The number of halogens is 2. The predicted octanol–water partition coefficient (Wildman–Crippen LogP) is 5.75. The molecule has 0 fully saturated rings. The minimum absolute atomic E-state index is 0.285. The third-order valence-electron chi connectivity index (χ3n) is 3.15. The average molecular weight is 383 g/mol. The lowest BCUT2D eigenvalue weighted by Crippen LogP contribution is -2.27. The molecule has 0 aromatic heterocycles. The van der Waals surface area contributed by atoms with E-state index in [9.17, 15) is 4.79 Å². The van der Waals surface area contributed by atoms with Crippen LogP contribution in [0, 0.1) is 5.92 Å². The van der Waals surface area contributed by atoms with Gasteiger partial charge in [0, 0.05) is 5.02 Å². The van der Waals surface area contributed by atoms with Crippen molar-refractivity contribution in [2.24, 2.45) is 5.92 Å². The summed E-state index contributed by atoms with van der Waals surface area (Å²) in [7, 11) is 0. The number of rotatable bonds is 7. The zero-order valence-corrected chi connectivity index (χ0v) is 15.8. The van der Waals surface area contributed by atoms with E-state index in [1.807, 2.05) is 13.8 Å². The maximum Gasteiger partial charge on any atom is 0.347 e. The second-order valence-electron chi connectivity index (χ2n) is 5.93. The van der Waals surface area contributed by atoms with Crippen LogP contribution < -0.4 is 9.47 Å². The van der Waals surface area contributed by atoms with Crippen molar-refractivity contribution >= 4 is 29.2 Å².